The maximum Gasteiger partial charge on any atom is 0.251 e. The van der Waals surface area contributed by atoms with E-state index < -0.39 is 6.04 Å². The lowest BCUT2D eigenvalue weighted by Crippen LogP contribution is -2.48. The van der Waals surface area contributed by atoms with Gasteiger partial charge in [0.2, 0.25) is 5.91 Å². The minimum Gasteiger partial charge on any atom is -0.497 e. The van der Waals surface area contributed by atoms with Crippen LogP contribution in [0.25, 0.3) is 0 Å². The van der Waals surface area contributed by atoms with Gasteiger partial charge in [0.15, 0.2) is 0 Å². The van der Waals surface area contributed by atoms with Crippen molar-refractivity contribution in [3.05, 3.63) is 58.1 Å². The van der Waals surface area contributed by atoms with Crippen LogP contribution in [0.3, 0.4) is 0 Å². The second-order valence-corrected chi connectivity index (χ2v) is 9.53. The van der Waals surface area contributed by atoms with Gasteiger partial charge in [0.05, 0.1) is 7.11 Å². The van der Waals surface area contributed by atoms with E-state index in [-0.39, 0.29) is 11.8 Å². The number of benzene rings is 2. The van der Waals surface area contributed by atoms with Crippen molar-refractivity contribution in [3.63, 3.8) is 0 Å². The number of rotatable bonds is 10. The monoisotopic (exact) mass is 515 g/mol. The van der Waals surface area contributed by atoms with E-state index >= 15 is 0 Å². The number of nitrogens with one attached hydrogen (secondary N) is 3. The van der Waals surface area contributed by atoms with Gasteiger partial charge in [-0.05, 0) is 61.2 Å². The Hall–Kier alpha value is -2.54. The van der Waals surface area contributed by atoms with Gasteiger partial charge in [-0.1, -0.05) is 54.1 Å². The second kappa shape index (κ2) is 12.6. The lowest BCUT2D eigenvalue weighted by Gasteiger charge is -2.26. The van der Waals surface area contributed by atoms with Crippen LogP contribution in [0.1, 0.15) is 54.4 Å². The molecule has 0 saturated heterocycles. The molecule has 2 aromatic rings. The zero-order chi connectivity index (χ0) is 23.6. The Morgan fingerprint density at radius 2 is 1.79 bits per heavy atom. The molecule has 1 unspecified atom stereocenters. The third kappa shape index (κ3) is 7.77. The predicted molar refractivity (Wildman–Crippen MR) is 136 cm³/mol. The Kier molecular flexibility index (Phi) is 9.61. The second-order valence-electron chi connectivity index (χ2n) is 8.68. The van der Waals surface area contributed by atoms with Crippen LogP contribution in [0.2, 0.25) is 0 Å². The molecule has 3 N–H and O–H groups in total. The number of hydrogen-bond donors (Lipinski definition) is 3. The molecule has 7 heteroatoms. The molecular weight excluding hydrogens is 482 g/mol. The summed E-state index contributed by atoms with van der Waals surface area (Å²) in [6.07, 6.45) is 6.57. The van der Waals surface area contributed by atoms with Gasteiger partial charge in [0.25, 0.3) is 5.91 Å². The number of carbonyl (C=O) groups excluding carboxylic acids is 2. The van der Waals surface area contributed by atoms with Crippen LogP contribution in [-0.4, -0.2) is 38.1 Å². The third-order valence-electron chi connectivity index (χ3n) is 6.19. The molecule has 0 spiro atoms. The Bertz CT molecular complexity index is 927. The summed E-state index contributed by atoms with van der Waals surface area (Å²) in [5.41, 5.74) is 2.57. The predicted octanol–water partition coefficient (Wildman–Crippen LogP) is 5.06. The highest BCUT2D eigenvalue weighted by molar-refractivity contribution is 9.10. The quantitative estimate of drug-likeness (QED) is 0.386. The highest BCUT2D eigenvalue weighted by Crippen LogP contribution is 2.27. The number of hydrogen-bond acceptors (Lipinski definition) is 4. The zero-order valence-corrected chi connectivity index (χ0v) is 21.0. The van der Waals surface area contributed by atoms with Crippen molar-refractivity contribution >= 4 is 33.4 Å². The van der Waals surface area contributed by atoms with E-state index in [0.717, 1.165) is 34.3 Å². The number of amides is 2. The molecule has 0 aromatic heterocycles. The van der Waals surface area contributed by atoms with Crippen LogP contribution in [0.4, 0.5) is 5.69 Å². The summed E-state index contributed by atoms with van der Waals surface area (Å²) in [6, 6.07) is 12.6. The fraction of sp³-hybridized carbons (Fsp3) is 0.462. The minimum atomic E-state index is -0.540. The molecule has 0 radical (unpaired) electrons. The fourth-order valence-corrected chi connectivity index (χ4v) is 4.57. The normalized spacial score (nSPS) is 14.9. The first-order valence-electron chi connectivity index (χ1n) is 11.7. The maximum atomic E-state index is 13.0. The van der Waals surface area contributed by atoms with Crippen molar-refractivity contribution in [1.29, 1.82) is 0 Å². The summed E-state index contributed by atoms with van der Waals surface area (Å²) in [6.45, 7) is 3.04. The lowest BCUT2D eigenvalue weighted by atomic mass is 9.84. The average Bonchev–Trinajstić information content (AvgIpc) is 2.84. The molecule has 0 heterocycles. The molecule has 2 amide bonds. The summed E-state index contributed by atoms with van der Waals surface area (Å²) >= 11 is 3.49. The van der Waals surface area contributed by atoms with Crippen molar-refractivity contribution in [2.24, 2.45) is 5.92 Å². The summed E-state index contributed by atoms with van der Waals surface area (Å²) < 4.78 is 6.05. The number of halogens is 1. The summed E-state index contributed by atoms with van der Waals surface area (Å²) in [7, 11) is 1.64. The van der Waals surface area contributed by atoms with Crippen molar-refractivity contribution in [1.82, 2.24) is 10.6 Å². The van der Waals surface area contributed by atoms with Crippen molar-refractivity contribution in [3.8, 4) is 5.75 Å². The number of ether oxygens (including phenoxy) is 1. The van der Waals surface area contributed by atoms with Crippen LogP contribution in [0.5, 0.6) is 5.75 Å². The van der Waals surface area contributed by atoms with E-state index in [1.807, 2.05) is 37.3 Å². The zero-order valence-electron chi connectivity index (χ0n) is 19.5. The highest BCUT2D eigenvalue weighted by Gasteiger charge is 2.26. The maximum absolute atomic E-state index is 13.0. The molecular formula is C26H34BrN3O3. The van der Waals surface area contributed by atoms with Crippen LogP contribution in [-0.2, 0) is 4.79 Å². The first kappa shape index (κ1) is 25.1. The number of anilines is 1. The Morgan fingerprint density at radius 3 is 2.45 bits per heavy atom. The van der Waals surface area contributed by atoms with Crippen molar-refractivity contribution in [2.45, 2.75) is 51.5 Å². The van der Waals surface area contributed by atoms with Gasteiger partial charge in [0, 0.05) is 28.8 Å². The SMILES string of the molecule is COc1ccc(NCCNC(=O)C(CC2CCCCC2)NC(=O)c2ccc(C)c(Br)c2)cc1. The van der Waals surface area contributed by atoms with E-state index in [1.165, 1.54) is 19.3 Å². The van der Waals surface area contributed by atoms with Crippen LogP contribution in [0.15, 0.2) is 46.9 Å². The highest BCUT2D eigenvalue weighted by atomic mass is 79.9. The lowest BCUT2D eigenvalue weighted by molar-refractivity contribution is -0.123. The van der Waals surface area contributed by atoms with Gasteiger partial charge >= 0.3 is 0 Å². The van der Waals surface area contributed by atoms with E-state index in [9.17, 15) is 9.59 Å². The van der Waals surface area contributed by atoms with Gasteiger partial charge in [0.1, 0.15) is 11.8 Å². The molecule has 0 aliphatic heterocycles. The Labute approximate surface area is 205 Å². The number of carbonyl (C=O) groups is 2. The third-order valence-corrected chi connectivity index (χ3v) is 7.05. The fourth-order valence-electron chi connectivity index (χ4n) is 4.19. The van der Waals surface area contributed by atoms with Crippen LogP contribution >= 0.6 is 15.9 Å². The Balaban J connectivity index is 1.56. The molecule has 1 atom stereocenters. The van der Waals surface area contributed by atoms with Gasteiger partial charge < -0.3 is 20.7 Å². The summed E-state index contributed by atoms with van der Waals surface area (Å²) in [5.74, 6) is 0.924. The molecule has 0 bridgehead atoms. The van der Waals surface area contributed by atoms with Gasteiger partial charge in [-0.2, -0.15) is 0 Å². The molecule has 1 aliphatic carbocycles. The van der Waals surface area contributed by atoms with E-state index in [4.69, 9.17) is 4.74 Å². The van der Waals surface area contributed by atoms with Gasteiger partial charge in [-0.3, -0.25) is 9.59 Å². The topological polar surface area (TPSA) is 79.5 Å². The first-order chi connectivity index (χ1) is 16.0. The average molecular weight is 516 g/mol. The molecule has 2 aromatic carbocycles. The number of aryl methyl sites for hydroxylation is 1. The Morgan fingerprint density at radius 1 is 1.06 bits per heavy atom. The summed E-state index contributed by atoms with van der Waals surface area (Å²) in [4.78, 5) is 25.9. The standard InChI is InChI=1S/C26H34BrN3O3/c1-18-8-9-20(17-23(18)27)25(31)30-24(16-19-6-4-3-5-7-19)26(32)29-15-14-28-21-10-12-22(33-2)13-11-21/h8-13,17,19,24,28H,3-7,14-16H2,1-2H3,(H,29,32)(H,30,31). The van der Waals surface area contributed by atoms with Crippen LogP contribution in [0, 0.1) is 12.8 Å². The molecule has 1 saturated carbocycles. The van der Waals surface area contributed by atoms with E-state index in [0.29, 0.717) is 31.0 Å². The van der Waals surface area contributed by atoms with Crippen molar-refractivity contribution in [2.75, 3.05) is 25.5 Å². The largest absolute Gasteiger partial charge is 0.497 e. The molecule has 1 aliphatic rings. The van der Waals surface area contributed by atoms with Gasteiger partial charge in [-0.15, -0.1) is 0 Å². The van der Waals surface area contributed by atoms with Crippen molar-refractivity contribution < 1.29 is 14.3 Å². The van der Waals surface area contributed by atoms with Gasteiger partial charge in [-0.25, -0.2) is 0 Å². The minimum absolute atomic E-state index is 0.128. The smallest absolute Gasteiger partial charge is 0.251 e. The van der Waals surface area contributed by atoms with Crippen LogP contribution < -0.4 is 20.7 Å². The first-order valence-corrected chi connectivity index (χ1v) is 12.5. The molecule has 6 nitrogen and oxygen atoms in total. The molecule has 1 fully saturated rings. The van der Waals surface area contributed by atoms with E-state index in [2.05, 4.69) is 31.9 Å². The van der Waals surface area contributed by atoms with E-state index in [1.54, 1.807) is 19.2 Å². The number of methoxy groups -OCH3 is 1. The molecule has 178 valence electrons. The molecule has 33 heavy (non-hydrogen) atoms. The molecule has 3 rings (SSSR count). The summed E-state index contributed by atoms with van der Waals surface area (Å²) in [5, 5.41) is 9.27.